The molecule has 1 aromatic heterocycles. The van der Waals surface area contributed by atoms with E-state index < -0.39 is 0 Å². The van der Waals surface area contributed by atoms with Gasteiger partial charge in [0.2, 0.25) is 17.6 Å². The largest absolute Gasteiger partial charge is 0.480 e. The number of ether oxygens (including phenoxy) is 1. The van der Waals surface area contributed by atoms with Crippen LogP contribution in [-0.2, 0) is 0 Å². The van der Waals surface area contributed by atoms with Crippen molar-refractivity contribution in [1.29, 1.82) is 0 Å². The van der Waals surface area contributed by atoms with Crippen molar-refractivity contribution in [3.05, 3.63) is 35.4 Å². The van der Waals surface area contributed by atoms with E-state index in [1.54, 1.807) is 6.07 Å². The van der Waals surface area contributed by atoms with Gasteiger partial charge in [0.25, 0.3) is 0 Å². The minimum absolute atomic E-state index is 0.102. The summed E-state index contributed by atoms with van der Waals surface area (Å²) in [5, 5.41) is 0. The molecular weight excluding hydrogens is 218 g/mol. The van der Waals surface area contributed by atoms with Crippen molar-refractivity contribution in [2.75, 3.05) is 12.8 Å². The molecule has 0 spiro atoms. The lowest BCUT2D eigenvalue weighted by Crippen LogP contribution is -2.05. The number of carbonyl (C=O) groups is 1. The molecule has 1 aliphatic rings. The van der Waals surface area contributed by atoms with Crippen LogP contribution in [-0.4, -0.2) is 22.9 Å². The zero-order valence-corrected chi connectivity index (χ0v) is 9.10. The fourth-order valence-electron chi connectivity index (χ4n) is 2.03. The van der Waals surface area contributed by atoms with Crippen LogP contribution in [0.5, 0.6) is 5.88 Å². The van der Waals surface area contributed by atoms with E-state index in [4.69, 9.17) is 10.5 Å². The van der Waals surface area contributed by atoms with E-state index in [0.717, 1.165) is 5.56 Å². The highest BCUT2D eigenvalue weighted by molar-refractivity contribution is 6.22. The lowest BCUT2D eigenvalue weighted by molar-refractivity contribution is 0.104. The third-order valence-electron chi connectivity index (χ3n) is 2.74. The quantitative estimate of drug-likeness (QED) is 0.677. The van der Waals surface area contributed by atoms with Crippen molar-refractivity contribution in [1.82, 2.24) is 9.97 Å². The van der Waals surface area contributed by atoms with Crippen molar-refractivity contribution in [2.24, 2.45) is 0 Å². The molecule has 1 aliphatic carbocycles. The number of nitrogens with zero attached hydrogens (tertiary/aromatic N) is 2. The number of hydrogen-bond acceptors (Lipinski definition) is 5. The summed E-state index contributed by atoms with van der Waals surface area (Å²) in [6.07, 6.45) is 0. The fraction of sp³-hybridized carbons (Fsp3) is 0.0833. The van der Waals surface area contributed by atoms with Crippen molar-refractivity contribution >= 4 is 11.7 Å². The number of nitrogen functional groups attached to an aromatic ring is 1. The van der Waals surface area contributed by atoms with Crippen molar-refractivity contribution in [3.8, 4) is 17.1 Å². The minimum Gasteiger partial charge on any atom is -0.480 e. The van der Waals surface area contributed by atoms with Crippen molar-refractivity contribution < 1.29 is 9.53 Å². The summed E-state index contributed by atoms with van der Waals surface area (Å²) in [5.41, 5.74) is 7.93. The molecule has 0 saturated heterocycles. The van der Waals surface area contributed by atoms with Crippen LogP contribution in [0.15, 0.2) is 24.3 Å². The van der Waals surface area contributed by atoms with Crippen molar-refractivity contribution in [3.63, 3.8) is 0 Å². The van der Waals surface area contributed by atoms with E-state index in [1.807, 2.05) is 18.2 Å². The fourth-order valence-corrected chi connectivity index (χ4v) is 2.03. The Morgan fingerprint density at radius 1 is 1.18 bits per heavy atom. The van der Waals surface area contributed by atoms with E-state index in [9.17, 15) is 4.79 Å². The monoisotopic (exact) mass is 227 g/mol. The van der Waals surface area contributed by atoms with Gasteiger partial charge in [-0.25, -0.2) is 4.98 Å². The van der Waals surface area contributed by atoms with Gasteiger partial charge in [-0.15, -0.1) is 0 Å². The van der Waals surface area contributed by atoms with Gasteiger partial charge in [-0.2, -0.15) is 4.98 Å². The molecule has 1 heterocycles. The first-order valence-corrected chi connectivity index (χ1v) is 5.08. The number of ketones is 1. The molecule has 2 N–H and O–H groups in total. The number of hydrogen-bond donors (Lipinski definition) is 1. The van der Waals surface area contributed by atoms with E-state index in [-0.39, 0.29) is 17.6 Å². The summed E-state index contributed by atoms with van der Waals surface area (Å²) in [5.74, 6) is 0.214. The third kappa shape index (κ3) is 1.22. The van der Waals surface area contributed by atoms with Crippen LogP contribution >= 0.6 is 0 Å². The zero-order chi connectivity index (χ0) is 12.0. The first-order valence-electron chi connectivity index (χ1n) is 5.08. The first kappa shape index (κ1) is 9.77. The lowest BCUT2D eigenvalue weighted by atomic mass is 10.1. The maximum absolute atomic E-state index is 12.2. The Morgan fingerprint density at radius 2 is 1.88 bits per heavy atom. The van der Waals surface area contributed by atoms with Crippen LogP contribution in [0.3, 0.4) is 0 Å². The molecular formula is C12H9N3O2. The maximum Gasteiger partial charge on any atom is 0.230 e. The molecule has 0 saturated carbocycles. The van der Waals surface area contributed by atoms with Gasteiger partial charge in [0.05, 0.1) is 12.8 Å². The molecule has 3 rings (SSSR count). The number of methoxy groups -OCH3 is 1. The molecule has 5 heteroatoms. The zero-order valence-electron chi connectivity index (χ0n) is 9.10. The summed E-state index contributed by atoms with van der Waals surface area (Å²) in [4.78, 5) is 20.2. The standard InChI is InChI=1S/C12H9N3O2/c1-17-11-8-9(14-12(13)15-11)6-4-2-3-5-7(6)10(8)16/h2-5H,1H3,(H2,13,14,15). The molecule has 17 heavy (non-hydrogen) atoms. The van der Waals surface area contributed by atoms with E-state index in [0.29, 0.717) is 16.8 Å². The molecule has 0 amide bonds. The average molecular weight is 227 g/mol. The third-order valence-corrected chi connectivity index (χ3v) is 2.74. The number of aromatic nitrogens is 2. The van der Waals surface area contributed by atoms with Gasteiger partial charge in [0, 0.05) is 11.1 Å². The number of nitrogens with two attached hydrogens (primary N) is 1. The minimum atomic E-state index is -0.118. The summed E-state index contributed by atoms with van der Waals surface area (Å²) < 4.78 is 5.09. The summed E-state index contributed by atoms with van der Waals surface area (Å²) >= 11 is 0. The van der Waals surface area contributed by atoms with Gasteiger partial charge >= 0.3 is 0 Å². The molecule has 0 fully saturated rings. The second-order valence-electron chi connectivity index (χ2n) is 3.69. The Hall–Kier alpha value is -2.43. The van der Waals surface area contributed by atoms with E-state index in [1.165, 1.54) is 7.11 Å². The Balaban J connectivity index is 2.38. The highest BCUT2D eigenvalue weighted by Crippen LogP contribution is 2.39. The Labute approximate surface area is 97.3 Å². The Kier molecular flexibility index (Phi) is 1.89. The molecule has 0 unspecified atom stereocenters. The van der Waals surface area contributed by atoms with Gasteiger partial charge in [-0.05, 0) is 0 Å². The van der Waals surface area contributed by atoms with E-state index in [2.05, 4.69) is 9.97 Å². The van der Waals surface area contributed by atoms with Gasteiger partial charge in [0.1, 0.15) is 5.56 Å². The molecule has 0 aliphatic heterocycles. The summed E-state index contributed by atoms with van der Waals surface area (Å²) in [7, 11) is 1.46. The molecule has 0 atom stereocenters. The second-order valence-corrected chi connectivity index (χ2v) is 3.69. The predicted octanol–water partition coefficient (Wildman–Crippen LogP) is 1.28. The number of carbonyl (C=O) groups excluding carboxylic acids is 1. The number of fused-ring (bicyclic) bond motifs is 3. The topological polar surface area (TPSA) is 78.1 Å². The number of benzene rings is 1. The van der Waals surface area contributed by atoms with Crippen molar-refractivity contribution in [2.45, 2.75) is 0 Å². The molecule has 84 valence electrons. The van der Waals surface area contributed by atoms with Crippen LogP contribution in [0, 0.1) is 0 Å². The Morgan fingerprint density at radius 3 is 2.59 bits per heavy atom. The van der Waals surface area contributed by atoms with Crippen LogP contribution in [0.2, 0.25) is 0 Å². The molecule has 0 radical (unpaired) electrons. The van der Waals surface area contributed by atoms with Gasteiger partial charge in [0.15, 0.2) is 0 Å². The average Bonchev–Trinajstić information content (AvgIpc) is 2.63. The van der Waals surface area contributed by atoms with E-state index >= 15 is 0 Å². The molecule has 5 nitrogen and oxygen atoms in total. The first-order chi connectivity index (χ1) is 8.22. The lowest BCUT2D eigenvalue weighted by Gasteiger charge is -2.05. The smallest absolute Gasteiger partial charge is 0.230 e. The highest BCUT2D eigenvalue weighted by atomic mass is 16.5. The molecule has 2 aromatic rings. The van der Waals surface area contributed by atoms with Crippen LogP contribution < -0.4 is 10.5 Å². The second kappa shape index (κ2) is 3.28. The maximum atomic E-state index is 12.2. The summed E-state index contributed by atoms with van der Waals surface area (Å²) in [6, 6.07) is 7.26. The van der Waals surface area contributed by atoms with Gasteiger partial charge < -0.3 is 10.5 Å². The van der Waals surface area contributed by atoms with Crippen LogP contribution in [0.25, 0.3) is 11.3 Å². The SMILES string of the molecule is COc1nc(N)nc2c1C(=O)c1ccccc1-2. The molecule has 0 bridgehead atoms. The predicted molar refractivity (Wildman–Crippen MR) is 61.9 cm³/mol. The Bertz CT molecular complexity index is 638. The summed E-state index contributed by atoms with van der Waals surface area (Å²) in [6.45, 7) is 0. The van der Waals surface area contributed by atoms with Crippen LogP contribution in [0.4, 0.5) is 5.95 Å². The van der Waals surface area contributed by atoms with Gasteiger partial charge in [-0.1, -0.05) is 24.3 Å². The van der Waals surface area contributed by atoms with Crippen LogP contribution in [0.1, 0.15) is 15.9 Å². The number of rotatable bonds is 1. The molecule has 1 aromatic carbocycles. The normalized spacial score (nSPS) is 12.2. The number of anilines is 1. The van der Waals surface area contributed by atoms with Gasteiger partial charge in [-0.3, -0.25) is 4.79 Å². The highest BCUT2D eigenvalue weighted by Gasteiger charge is 2.32.